The first-order valence-corrected chi connectivity index (χ1v) is 4.74. The van der Waals surface area contributed by atoms with Crippen LogP contribution in [0.25, 0.3) is 22.1 Å². The van der Waals surface area contributed by atoms with Crippen molar-refractivity contribution in [2.75, 3.05) is 0 Å². The van der Waals surface area contributed by atoms with Crippen molar-refractivity contribution in [1.82, 2.24) is 34.9 Å². The predicted octanol–water partition coefficient (Wildman–Crippen LogP) is 0.320. The number of hydrogen-bond donors (Lipinski definition) is 0. The molecule has 7 nitrogen and oxygen atoms in total. The first-order chi connectivity index (χ1) is 7.93. The van der Waals surface area contributed by atoms with Gasteiger partial charge in [-0.2, -0.15) is 5.10 Å². The fourth-order valence-corrected chi connectivity index (χ4v) is 1.86. The molecule has 0 amide bonds. The second-order valence-electron chi connectivity index (χ2n) is 3.43. The van der Waals surface area contributed by atoms with E-state index in [0.717, 1.165) is 16.4 Å². The molecule has 0 saturated heterocycles. The summed E-state index contributed by atoms with van der Waals surface area (Å²) in [6.45, 7) is 0. The highest BCUT2D eigenvalue weighted by Gasteiger charge is 2.10. The van der Waals surface area contributed by atoms with Crippen molar-refractivity contribution in [3.8, 4) is 0 Å². The molecule has 4 rings (SSSR count). The van der Waals surface area contributed by atoms with Crippen LogP contribution in [0.5, 0.6) is 0 Å². The maximum atomic E-state index is 4.39. The van der Waals surface area contributed by atoms with Crippen molar-refractivity contribution in [3.63, 3.8) is 0 Å². The van der Waals surface area contributed by atoms with Gasteiger partial charge in [0.25, 0.3) is 0 Å². The molecule has 7 heteroatoms. The molecule has 0 unspecified atom stereocenters. The Morgan fingerprint density at radius 2 is 2.06 bits per heavy atom. The maximum absolute atomic E-state index is 4.39. The Balaban J connectivity index is 2.42. The molecule has 3 heterocycles. The van der Waals surface area contributed by atoms with Gasteiger partial charge < -0.3 is 0 Å². The molecule has 1 aromatic carbocycles. The highest BCUT2D eigenvalue weighted by Crippen LogP contribution is 2.20. The first-order valence-electron chi connectivity index (χ1n) is 4.74. The van der Waals surface area contributed by atoms with Gasteiger partial charge in [-0.1, -0.05) is 18.2 Å². The fourth-order valence-electron chi connectivity index (χ4n) is 1.86. The van der Waals surface area contributed by atoms with E-state index in [0.29, 0.717) is 5.65 Å². The van der Waals surface area contributed by atoms with Crippen molar-refractivity contribution in [2.45, 2.75) is 0 Å². The number of hydrogen-bond acceptors (Lipinski definition) is 5. The SMILES string of the molecule is c1ccc2c(c1)nn1cnn3nnnc3c21. The zero-order valence-electron chi connectivity index (χ0n) is 8.02. The van der Waals surface area contributed by atoms with E-state index in [9.17, 15) is 0 Å². The third-order valence-electron chi connectivity index (χ3n) is 2.54. The molecule has 0 spiro atoms. The van der Waals surface area contributed by atoms with Crippen LogP contribution >= 0.6 is 0 Å². The Kier molecular flexibility index (Phi) is 1.21. The maximum Gasteiger partial charge on any atom is 0.226 e. The van der Waals surface area contributed by atoms with Crippen molar-refractivity contribution in [3.05, 3.63) is 30.6 Å². The largest absolute Gasteiger partial charge is 0.226 e. The second kappa shape index (κ2) is 2.51. The summed E-state index contributed by atoms with van der Waals surface area (Å²) >= 11 is 0. The van der Waals surface area contributed by atoms with E-state index in [1.54, 1.807) is 10.8 Å². The van der Waals surface area contributed by atoms with Crippen LogP contribution in [0.1, 0.15) is 0 Å². The van der Waals surface area contributed by atoms with Crippen LogP contribution in [0.3, 0.4) is 0 Å². The van der Waals surface area contributed by atoms with Crippen LogP contribution in [0.15, 0.2) is 30.6 Å². The minimum Gasteiger partial charge on any atom is -0.215 e. The summed E-state index contributed by atoms with van der Waals surface area (Å²) in [6, 6.07) is 7.85. The summed E-state index contributed by atoms with van der Waals surface area (Å²) in [4.78, 5) is 0. The number of nitrogens with zero attached hydrogens (tertiary/aromatic N) is 7. The average Bonchev–Trinajstić information content (AvgIpc) is 2.91. The molecule has 16 heavy (non-hydrogen) atoms. The van der Waals surface area contributed by atoms with E-state index in [2.05, 4.69) is 25.7 Å². The second-order valence-corrected chi connectivity index (χ2v) is 3.43. The van der Waals surface area contributed by atoms with Crippen molar-refractivity contribution >= 4 is 22.1 Å². The van der Waals surface area contributed by atoms with Gasteiger partial charge in [0.15, 0.2) is 0 Å². The topological polar surface area (TPSA) is 73.3 Å². The quantitative estimate of drug-likeness (QED) is 0.418. The molecule has 76 valence electrons. The van der Waals surface area contributed by atoms with Gasteiger partial charge >= 0.3 is 0 Å². The minimum atomic E-state index is 0.608. The van der Waals surface area contributed by atoms with Gasteiger partial charge in [-0.15, -0.1) is 14.8 Å². The highest BCUT2D eigenvalue weighted by molar-refractivity contribution is 6.00. The summed E-state index contributed by atoms with van der Waals surface area (Å²) in [6.07, 6.45) is 1.60. The van der Waals surface area contributed by atoms with Crippen LogP contribution < -0.4 is 0 Å². The zero-order valence-corrected chi connectivity index (χ0v) is 8.02. The fraction of sp³-hybridized carbons (Fsp3) is 0. The molecule has 0 bridgehead atoms. The molecular weight excluding hydrogens is 206 g/mol. The molecule has 0 aliphatic heterocycles. The van der Waals surface area contributed by atoms with Crippen LogP contribution in [-0.4, -0.2) is 34.9 Å². The summed E-state index contributed by atoms with van der Waals surface area (Å²) in [5.41, 5.74) is 2.38. The van der Waals surface area contributed by atoms with Crippen molar-refractivity contribution in [1.29, 1.82) is 0 Å². The smallest absolute Gasteiger partial charge is 0.215 e. The lowest BCUT2D eigenvalue weighted by Gasteiger charge is -1.92. The van der Waals surface area contributed by atoms with Crippen LogP contribution in [-0.2, 0) is 0 Å². The van der Waals surface area contributed by atoms with Crippen molar-refractivity contribution in [2.24, 2.45) is 0 Å². The van der Waals surface area contributed by atoms with E-state index < -0.39 is 0 Å². The molecular formula is C9H5N7. The van der Waals surface area contributed by atoms with Gasteiger partial charge in [-0.3, -0.25) is 0 Å². The van der Waals surface area contributed by atoms with E-state index in [-0.39, 0.29) is 0 Å². The Morgan fingerprint density at radius 3 is 3.06 bits per heavy atom. The van der Waals surface area contributed by atoms with Gasteiger partial charge in [0.2, 0.25) is 5.65 Å². The van der Waals surface area contributed by atoms with Gasteiger partial charge in [-0.05, 0) is 16.5 Å². The lowest BCUT2D eigenvalue weighted by Crippen LogP contribution is -1.98. The number of rotatable bonds is 0. The average molecular weight is 211 g/mol. The Bertz CT molecular complexity index is 812. The molecule has 0 saturated carbocycles. The zero-order chi connectivity index (χ0) is 10.5. The third kappa shape index (κ3) is 0.800. The van der Waals surface area contributed by atoms with Crippen molar-refractivity contribution < 1.29 is 0 Å². The molecule has 0 N–H and O–H groups in total. The van der Waals surface area contributed by atoms with Gasteiger partial charge in [-0.25, -0.2) is 4.52 Å². The van der Waals surface area contributed by atoms with Gasteiger partial charge in [0.05, 0.1) is 5.52 Å². The van der Waals surface area contributed by atoms with Crippen LogP contribution in [0, 0.1) is 0 Å². The van der Waals surface area contributed by atoms with Crippen LogP contribution in [0.4, 0.5) is 0 Å². The Morgan fingerprint density at radius 1 is 1.12 bits per heavy atom. The molecule has 0 fully saturated rings. The molecule has 4 aromatic rings. The number of tetrazole rings is 1. The summed E-state index contributed by atoms with van der Waals surface area (Å²) in [5, 5.41) is 20.8. The van der Waals surface area contributed by atoms with E-state index in [1.165, 1.54) is 4.63 Å². The summed E-state index contributed by atoms with van der Waals surface area (Å²) in [7, 11) is 0. The predicted molar refractivity (Wildman–Crippen MR) is 54.8 cm³/mol. The first kappa shape index (κ1) is 7.69. The summed E-state index contributed by atoms with van der Waals surface area (Å²) in [5.74, 6) is 0. The highest BCUT2D eigenvalue weighted by atomic mass is 15.6. The number of aromatic nitrogens is 7. The van der Waals surface area contributed by atoms with Gasteiger partial charge in [0.1, 0.15) is 11.8 Å². The lowest BCUT2D eigenvalue weighted by atomic mass is 10.2. The molecule has 3 aromatic heterocycles. The van der Waals surface area contributed by atoms with E-state index >= 15 is 0 Å². The lowest BCUT2D eigenvalue weighted by molar-refractivity contribution is 0.711. The number of benzene rings is 1. The van der Waals surface area contributed by atoms with Gasteiger partial charge in [0, 0.05) is 5.39 Å². The molecule has 0 aliphatic rings. The molecule has 0 atom stereocenters. The Hall–Kier alpha value is -2.57. The minimum absolute atomic E-state index is 0.608. The standard InChI is InChI=1S/C9H5N7/c1-2-4-7-6(3-1)8-9-11-13-14-16(9)10-5-15(8)12-7/h1-5H. The normalized spacial score (nSPS) is 11.8. The molecule has 0 radical (unpaired) electrons. The summed E-state index contributed by atoms with van der Waals surface area (Å²) < 4.78 is 3.08. The van der Waals surface area contributed by atoms with E-state index in [1.807, 2.05) is 24.3 Å². The monoisotopic (exact) mass is 211 g/mol. The van der Waals surface area contributed by atoms with Crippen LogP contribution in [0.2, 0.25) is 0 Å². The Labute approximate surface area is 88.3 Å². The number of fused-ring (bicyclic) bond motifs is 5. The van der Waals surface area contributed by atoms with E-state index in [4.69, 9.17) is 0 Å². The third-order valence-corrected chi connectivity index (χ3v) is 2.54. The molecule has 0 aliphatic carbocycles.